The molecule has 7 rings (SSSR count). The molecule has 2 aliphatic carbocycles. The number of amides is 1. The number of anilines is 1. The van der Waals surface area contributed by atoms with Gasteiger partial charge in [0.1, 0.15) is 17.0 Å². The van der Waals surface area contributed by atoms with Crippen LogP contribution in [0.15, 0.2) is 36.8 Å². The summed E-state index contributed by atoms with van der Waals surface area (Å²) >= 11 is 0. The summed E-state index contributed by atoms with van der Waals surface area (Å²) in [6.45, 7) is 1.62. The number of carbonyl (C=O) groups is 1. The van der Waals surface area contributed by atoms with Gasteiger partial charge in [-0.25, -0.2) is 9.97 Å². The first-order valence-electron chi connectivity index (χ1n) is 12.1. The summed E-state index contributed by atoms with van der Waals surface area (Å²) in [5, 5.41) is 11.8. The SMILES string of the molecule is CNc1cc(-c2cn([C@@H]3[C@@H]4COC[C@@H]43)c3ncccc23)nc2c(C(=O)N[C@@H]3CC[C@H]3OC)cnn12. The molecule has 4 aromatic rings. The maximum absolute atomic E-state index is 13.2. The van der Waals surface area contributed by atoms with Crippen LogP contribution >= 0.6 is 0 Å². The minimum atomic E-state index is -0.187. The molecule has 0 radical (unpaired) electrons. The summed E-state index contributed by atoms with van der Waals surface area (Å²) in [6.07, 6.45) is 7.49. The molecule has 1 amide bonds. The molecule has 1 saturated heterocycles. The van der Waals surface area contributed by atoms with Gasteiger partial charge in [-0.05, 0) is 25.0 Å². The van der Waals surface area contributed by atoms with E-state index in [-0.39, 0.29) is 18.1 Å². The van der Waals surface area contributed by atoms with E-state index < -0.39 is 0 Å². The van der Waals surface area contributed by atoms with Crippen molar-refractivity contribution in [2.24, 2.45) is 11.8 Å². The highest BCUT2D eigenvalue weighted by molar-refractivity contribution is 6.01. The largest absolute Gasteiger partial charge is 0.381 e. The summed E-state index contributed by atoms with van der Waals surface area (Å²) in [5.41, 5.74) is 3.68. The van der Waals surface area contributed by atoms with Crippen LogP contribution in [-0.4, -0.2) is 69.6 Å². The lowest BCUT2D eigenvalue weighted by Crippen LogP contribution is -2.51. The Balaban J connectivity index is 1.32. The van der Waals surface area contributed by atoms with Crippen LogP contribution in [-0.2, 0) is 9.47 Å². The maximum atomic E-state index is 13.2. The molecule has 5 atom stereocenters. The molecule has 35 heavy (non-hydrogen) atoms. The van der Waals surface area contributed by atoms with Crippen LogP contribution in [0.2, 0.25) is 0 Å². The minimum Gasteiger partial charge on any atom is -0.381 e. The van der Waals surface area contributed by atoms with E-state index in [1.165, 1.54) is 0 Å². The molecule has 4 aromatic heterocycles. The highest BCUT2D eigenvalue weighted by atomic mass is 16.5. The van der Waals surface area contributed by atoms with Gasteiger partial charge in [-0.2, -0.15) is 9.61 Å². The molecule has 2 saturated carbocycles. The summed E-state index contributed by atoms with van der Waals surface area (Å²) < 4.78 is 15.0. The number of carbonyl (C=O) groups excluding carboxylic acids is 1. The van der Waals surface area contributed by atoms with Gasteiger partial charge in [-0.3, -0.25) is 4.79 Å². The number of hydrogen-bond donors (Lipinski definition) is 2. The van der Waals surface area contributed by atoms with E-state index in [4.69, 9.17) is 19.4 Å². The van der Waals surface area contributed by atoms with E-state index in [2.05, 4.69) is 32.6 Å². The first-order valence-corrected chi connectivity index (χ1v) is 12.1. The van der Waals surface area contributed by atoms with Crippen molar-refractivity contribution >= 4 is 28.4 Å². The van der Waals surface area contributed by atoms with Crippen molar-refractivity contribution in [2.45, 2.75) is 31.0 Å². The first-order chi connectivity index (χ1) is 17.2. The third kappa shape index (κ3) is 3.09. The van der Waals surface area contributed by atoms with E-state index in [1.807, 2.05) is 25.4 Å². The summed E-state index contributed by atoms with van der Waals surface area (Å²) in [7, 11) is 3.52. The normalized spacial score (nSPS) is 27.1. The van der Waals surface area contributed by atoms with Gasteiger partial charge < -0.3 is 24.7 Å². The lowest BCUT2D eigenvalue weighted by molar-refractivity contribution is 0.00732. The standard InChI is InChI=1S/C25H27N7O3/c1-26-21-8-19(29-24-14(9-28-32(21)24)25(33)30-18-5-6-20(18)34-2)15-10-31(22-16-11-35-12-17(16)22)23-13(15)4-3-7-27-23/h3-4,7-10,16-18,20,22,26H,5-6,11-12H2,1-2H3,(H,30,33)/t16-,17+,18-,20-,22-/m1/s1. The predicted octanol–water partition coefficient (Wildman–Crippen LogP) is 2.51. The summed E-state index contributed by atoms with van der Waals surface area (Å²) in [4.78, 5) is 22.8. The van der Waals surface area contributed by atoms with Gasteiger partial charge in [-0.15, -0.1) is 0 Å². The molecule has 0 bridgehead atoms. The molecule has 1 aliphatic heterocycles. The number of pyridine rings is 1. The molecule has 180 valence electrons. The number of nitrogens with one attached hydrogen (secondary N) is 2. The highest BCUT2D eigenvalue weighted by Crippen LogP contribution is 2.55. The van der Waals surface area contributed by atoms with Gasteiger partial charge in [0.25, 0.3) is 5.91 Å². The second kappa shape index (κ2) is 7.76. The van der Waals surface area contributed by atoms with Gasteiger partial charge in [0.2, 0.25) is 0 Å². The van der Waals surface area contributed by atoms with Crippen LogP contribution < -0.4 is 10.6 Å². The molecule has 0 spiro atoms. The van der Waals surface area contributed by atoms with Gasteiger partial charge in [0, 0.05) is 61.4 Å². The highest BCUT2D eigenvalue weighted by Gasteiger charge is 2.55. The van der Waals surface area contributed by atoms with Crippen molar-refractivity contribution in [3.8, 4) is 11.3 Å². The molecule has 2 N–H and O–H groups in total. The Morgan fingerprint density at radius 1 is 1.23 bits per heavy atom. The van der Waals surface area contributed by atoms with Gasteiger partial charge >= 0.3 is 0 Å². The molecule has 10 nitrogen and oxygen atoms in total. The number of nitrogens with zero attached hydrogens (tertiary/aromatic N) is 5. The van der Waals surface area contributed by atoms with Crippen LogP contribution in [0.5, 0.6) is 0 Å². The molecule has 5 heterocycles. The van der Waals surface area contributed by atoms with Crippen molar-refractivity contribution < 1.29 is 14.3 Å². The number of methoxy groups -OCH3 is 1. The van der Waals surface area contributed by atoms with Crippen LogP contribution in [0.1, 0.15) is 29.2 Å². The molecular formula is C25H27N7O3. The Labute approximate surface area is 201 Å². The van der Waals surface area contributed by atoms with Crippen LogP contribution in [0.4, 0.5) is 5.82 Å². The average Bonchev–Trinajstić information content (AvgIpc) is 3.29. The van der Waals surface area contributed by atoms with Crippen LogP contribution in [0.3, 0.4) is 0 Å². The zero-order valence-corrected chi connectivity index (χ0v) is 19.6. The second-order valence-corrected chi connectivity index (χ2v) is 9.68. The Morgan fingerprint density at radius 2 is 2.09 bits per heavy atom. The summed E-state index contributed by atoms with van der Waals surface area (Å²) in [6, 6.07) is 6.43. The zero-order chi connectivity index (χ0) is 23.7. The van der Waals surface area contributed by atoms with Crippen molar-refractivity contribution in [1.29, 1.82) is 0 Å². The number of ether oxygens (including phenoxy) is 2. The molecule has 3 aliphatic rings. The third-order valence-corrected chi connectivity index (χ3v) is 7.90. The summed E-state index contributed by atoms with van der Waals surface area (Å²) in [5.74, 6) is 1.67. The fourth-order valence-electron chi connectivity index (χ4n) is 5.74. The lowest BCUT2D eigenvalue weighted by Gasteiger charge is -2.35. The van der Waals surface area contributed by atoms with E-state index in [0.29, 0.717) is 29.1 Å². The Hall–Kier alpha value is -3.50. The topological polar surface area (TPSA) is 108 Å². The van der Waals surface area contributed by atoms with E-state index in [9.17, 15) is 4.79 Å². The third-order valence-electron chi connectivity index (χ3n) is 7.90. The van der Waals surface area contributed by atoms with Crippen LogP contribution in [0.25, 0.3) is 27.9 Å². The molecular weight excluding hydrogens is 446 g/mol. The predicted molar refractivity (Wildman–Crippen MR) is 129 cm³/mol. The van der Waals surface area contributed by atoms with E-state index in [0.717, 1.165) is 54.2 Å². The Bertz CT molecular complexity index is 1450. The zero-order valence-electron chi connectivity index (χ0n) is 19.6. The van der Waals surface area contributed by atoms with Crippen molar-refractivity contribution in [2.75, 3.05) is 32.7 Å². The number of aromatic nitrogens is 5. The quantitative estimate of drug-likeness (QED) is 0.443. The van der Waals surface area contributed by atoms with E-state index in [1.54, 1.807) is 17.8 Å². The molecule has 0 aromatic carbocycles. The number of hydrogen-bond acceptors (Lipinski definition) is 7. The fraction of sp³-hybridized carbons (Fsp3) is 0.440. The second-order valence-electron chi connectivity index (χ2n) is 9.68. The van der Waals surface area contributed by atoms with Gasteiger partial charge in [0.05, 0.1) is 37.3 Å². The monoisotopic (exact) mass is 473 g/mol. The molecule has 0 unspecified atom stereocenters. The van der Waals surface area contributed by atoms with Crippen molar-refractivity contribution in [3.05, 3.63) is 42.4 Å². The lowest BCUT2D eigenvalue weighted by atomic mass is 9.89. The smallest absolute Gasteiger partial charge is 0.257 e. The van der Waals surface area contributed by atoms with Gasteiger partial charge in [-0.1, -0.05) is 0 Å². The van der Waals surface area contributed by atoms with Crippen molar-refractivity contribution in [3.63, 3.8) is 0 Å². The van der Waals surface area contributed by atoms with Gasteiger partial charge in [0.15, 0.2) is 5.65 Å². The van der Waals surface area contributed by atoms with Crippen molar-refractivity contribution in [1.82, 2.24) is 29.5 Å². The fourth-order valence-corrected chi connectivity index (χ4v) is 5.74. The molecule has 10 heteroatoms. The maximum Gasteiger partial charge on any atom is 0.257 e. The number of rotatable bonds is 6. The number of fused-ring (bicyclic) bond motifs is 3. The first kappa shape index (κ1) is 20.8. The Kier molecular flexibility index (Phi) is 4.62. The molecule has 3 fully saturated rings. The average molecular weight is 474 g/mol. The Morgan fingerprint density at radius 3 is 2.83 bits per heavy atom. The minimum absolute atomic E-state index is 0.0143. The van der Waals surface area contributed by atoms with Crippen LogP contribution in [0, 0.1) is 11.8 Å². The van der Waals surface area contributed by atoms with E-state index >= 15 is 0 Å².